The van der Waals surface area contributed by atoms with Gasteiger partial charge in [0.2, 0.25) is 0 Å². The Bertz CT molecular complexity index is 603. The van der Waals surface area contributed by atoms with Gasteiger partial charge in [0.05, 0.1) is 17.4 Å². The van der Waals surface area contributed by atoms with E-state index < -0.39 is 36.2 Å². The van der Waals surface area contributed by atoms with Crippen molar-refractivity contribution < 1.29 is 37.3 Å². The van der Waals surface area contributed by atoms with Crippen molar-refractivity contribution in [2.75, 3.05) is 6.61 Å². The highest BCUT2D eigenvalue weighted by Gasteiger charge is 2.49. The van der Waals surface area contributed by atoms with Crippen LogP contribution in [0.1, 0.15) is 107 Å². The molecule has 0 spiro atoms. The Labute approximate surface area is 191 Å². The van der Waals surface area contributed by atoms with Gasteiger partial charge in [0.1, 0.15) is 5.60 Å². The van der Waals surface area contributed by atoms with Gasteiger partial charge in [0, 0.05) is 6.42 Å². The fourth-order valence-corrected chi connectivity index (χ4v) is 2.85. The van der Waals surface area contributed by atoms with Gasteiger partial charge >= 0.3 is 18.1 Å². The lowest BCUT2D eigenvalue weighted by molar-refractivity contribution is -0.257. The molecule has 1 aliphatic carbocycles. The predicted octanol–water partition coefficient (Wildman–Crippen LogP) is 6.36. The highest BCUT2D eigenvalue weighted by Crippen LogP contribution is 2.38. The molecule has 1 aliphatic rings. The number of aliphatic hydroxyl groups is 1. The van der Waals surface area contributed by atoms with Gasteiger partial charge in [0.15, 0.2) is 5.60 Å². The minimum absolute atomic E-state index is 0.0197. The number of halogens is 3. The van der Waals surface area contributed by atoms with Crippen LogP contribution < -0.4 is 0 Å². The molecule has 0 aromatic heterocycles. The molecule has 1 fully saturated rings. The molecule has 1 atom stereocenters. The average molecular weight is 469 g/mol. The van der Waals surface area contributed by atoms with E-state index in [1.807, 2.05) is 20.8 Å². The van der Waals surface area contributed by atoms with Crippen LogP contribution in [0.15, 0.2) is 0 Å². The van der Waals surface area contributed by atoms with Crippen molar-refractivity contribution in [1.82, 2.24) is 0 Å². The van der Waals surface area contributed by atoms with Crippen LogP contribution in [0.3, 0.4) is 0 Å². The summed E-state index contributed by atoms with van der Waals surface area (Å²) in [4.78, 5) is 23.4. The summed E-state index contributed by atoms with van der Waals surface area (Å²) in [5.74, 6) is -0.577. The number of hydrogen-bond donors (Lipinski definition) is 1. The highest BCUT2D eigenvalue weighted by atomic mass is 19.4. The van der Waals surface area contributed by atoms with Crippen molar-refractivity contribution in [2.45, 2.75) is 124 Å². The van der Waals surface area contributed by atoms with Crippen LogP contribution in [0.2, 0.25) is 0 Å². The molecule has 0 aromatic carbocycles. The number of alkyl halides is 3. The van der Waals surface area contributed by atoms with E-state index in [9.17, 15) is 22.8 Å². The lowest BCUT2D eigenvalue weighted by Gasteiger charge is -2.32. The van der Waals surface area contributed by atoms with Crippen LogP contribution in [0.5, 0.6) is 0 Å². The van der Waals surface area contributed by atoms with Gasteiger partial charge in [-0.25, -0.2) is 0 Å². The minimum atomic E-state index is -4.72. The summed E-state index contributed by atoms with van der Waals surface area (Å²) in [6.07, 6.45) is 1.44. The molecule has 0 radical (unpaired) electrons. The zero-order chi connectivity index (χ0) is 25.4. The number of rotatable bonds is 9. The first kappa shape index (κ1) is 30.7. The van der Waals surface area contributed by atoms with Crippen LogP contribution in [-0.4, -0.2) is 41.0 Å². The maximum absolute atomic E-state index is 12.3. The first-order chi connectivity index (χ1) is 14.4. The fraction of sp³-hybridized carbons (Fsp3) is 0.917. The van der Waals surface area contributed by atoms with E-state index in [2.05, 4.69) is 6.92 Å². The molecule has 1 N–H and O–H groups in total. The van der Waals surface area contributed by atoms with Gasteiger partial charge in [-0.15, -0.1) is 0 Å². The lowest BCUT2D eigenvalue weighted by atomic mass is 9.89. The number of carbonyl (C=O) groups excluding carboxylic acids is 2. The Kier molecular flexibility index (Phi) is 11.2. The Morgan fingerprint density at radius 3 is 1.69 bits per heavy atom. The number of esters is 2. The third kappa shape index (κ3) is 8.91. The van der Waals surface area contributed by atoms with Crippen LogP contribution >= 0.6 is 0 Å². The summed E-state index contributed by atoms with van der Waals surface area (Å²) in [5, 5.41) is 9.11. The topological polar surface area (TPSA) is 72.8 Å². The van der Waals surface area contributed by atoms with E-state index in [1.54, 1.807) is 20.8 Å². The van der Waals surface area contributed by atoms with Crippen molar-refractivity contribution >= 4 is 11.9 Å². The van der Waals surface area contributed by atoms with E-state index in [0.717, 1.165) is 25.7 Å². The van der Waals surface area contributed by atoms with Crippen molar-refractivity contribution in [3.05, 3.63) is 0 Å². The van der Waals surface area contributed by atoms with E-state index in [-0.39, 0.29) is 17.0 Å². The first-order valence-corrected chi connectivity index (χ1v) is 11.6. The van der Waals surface area contributed by atoms with E-state index in [1.165, 1.54) is 12.8 Å². The standard InChI is InChI=1S/C13H24O2.C11H19F3O3/c1-5-12(3,4)11(14)15-13(6-2)9-7-8-10-13;1-5-9(2,3)8(15)17-7-6-10(4,16)11(12,13)14/h5-10H2,1-4H3;16H,5-7H2,1-4H3. The van der Waals surface area contributed by atoms with Crippen LogP contribution in [0, 0.1) is 10.8 Å². The molecule has 190 valence electrons. The summed E-state index contributed by atoms with van der Waals surface area (Å²) in [6, 6.07) is 0. The molecular formula is C24H43F3O5. The molecule has 1 saturated carbocycles. The monoisotopic (exact) mass is 468 g/mol. The molecule has 1 rings (SSSR count). The normalized spacial score (nSPS) is 18.2. The van der Waals surface area contributed by atoms with Gasteiger partial charge < -0.3 is 14.6 Å². The number of hydrogen-bond acceptors (Lipinski definition) is 5. The molecule has 8 heteroatoms. The predicted molar refractivity (Wildman–Crippen MR) is 118 cm³/mol. The third-order valence-electron chi connectivity index (χ3n) is 6.77. The number of carbonyl (C=O) groups is 2. The van der Waals surface area contributed by atoms with Crippen LogP contribution in [-0.2, 0) is 19.1 Å². The Morgan fingerprint density at radius 2 is 1.31 bits per heavy atom. The maximum atomic E-state index is 12.3. The largest absolute Gasteiger partial charge is 0.465 e. The molecule has 0 heterocycles. The Balaban J connectivity index is 0.000000604. The zero-order valence-corrected chi connectivity index (χ0v) is 21.1. The summed E-state index contributed by atoms with van der Waals surface area (Å²) >= 11 is 0. The Morgan fingerprint density at radius 1 is 0.875 bits per heavy atom. The van der Waals surface area contributed by atoms with Crippen molar-refractivity contribution in [3.8, 4) is 0 Å². The average Bonchev–Trinajstić information content (AvgIpc) is 3.16. The summed E-state index contributed by atoms with van der Waals surface area (Å²) in [5.41, 5.74) is -4.01. The Hall–Kier alpha value is -1.31. The zero-order valence-electron chi connectivity index (χ0n) is 21.1. The van der Waals surface area contributed by atoms with Crippen LogP contribution in [0.4, 0.5) is 13.2 Å². The quantitative estimate of drug-likeness (QED) is 0.399. The lowest BCUT2D eigenvalue weighted by Crippen LogP contribution is -2.43. The minimum Gasteiger partial charge on any atom is -0.465 e. The van der Waals surface area contributed by atoms with Crippen molar-refractivity contribution in [1.29, 1.82) is 0 Å². The van der Waals surface area contributed by atoms with E-state index in [0.29, 0.717) is 13.3 Å². The molecule has 1 unspecified atom stereocenters. The molecule has 0 saturated heterocycles. The SMILES string of the molecule is CCC(C)(C)C(=O)OCCC(C)(O)C(F)(F)F.CCC1(OC(=O)C(C)(C)CC)CCCC1. The molecule has 5 nitrogen and oxygen atoms in total. The molecule has 0 amide bonds. The second kappa shape index (κ2) is 11.7. The highest BCUT2D eigenvalue weighted by molar-refractivity contribution is 5.76. The molecular weight excluding hydrogens is 425 g/mol. The van der Waals surface area contributed by atoms with Crippen molar-refractivity contribution in [3.63, 3.8) is 0 Å². The van der Waals surface area contributed by atoms with Crippen molar-refractivity contribution in [2.24, 2.45) is 10.8 Å². The number of ether oxygens (including phenoxy) is 2. The van der Waals surface area contributed by atoms with Gasteiger partial charge in [-0.2, -0.15) is 13.2 Å². The third-order valence-corrected chi connectivity index (χ3v) is 6.77. The smallest absolute Gasteiger partial charge is 0.417 e. The first-order valence-electron chi connectivity index (χ1n) is 11.6. The maximum Gasteiger partial charge on any atom is 0.417 e. The summed E-state index contributed by atoms with van der Waals surface area (Å²) < 4.78 is 47.3. The second-order valence-electron chi connectivity index (χ2n) is 10.3. The van der Waals surface area contributed by atoms with Gasteiger partial charge in [-0.3, -0.25) is 9.59 Å². The second-order valence-corrected chi connectivity index (χ2v) is 10.3. The van der Waals surface area contributed by atoms with Crippen LogP contribution in [0.25, 0.3) is 0 Å². The molecule has 0 aromatic rings. The molecule has 32 heavy (non-hydrogen) atoms. The fourth-order valence-electron chi connectivity index (χ4n) is 2.85. The van der Waals surface area contributed by atoms with Gasteiger partial charge in [-0.05, 0) is 79.6 Å². The molecule has 0 bridgehead atoms. The van der Waals surface area contributed by atoms with E-state index in [4.69, 9.17) is 14.6 Å². The van der Waals surface area contributed by atoms with E-state index >= 15 is 0 Å². The van der Waals surface area contributed by atoms with Gasteiger partial charge in [0.25, 0.3) is 0 Å². The van der Waals surface area contributed by atoms with Gasteiger partial charge in [-0.1, -0.05) is 20.8 Å². The summed E-state index contributed by atoms with van der Waals surface area (Å²) in [6.45, 7) is 13.4. The summed E-state index contributed by atoms with van der Waals surface area (Å²) in [7, 11) is 0. The molecule has 0 aliphatic heterocycles.